The average molecular weight is 168 g/mol. The van der Waals surface area contributed by atoms with E-state index in [1.165, 1.54) is 5.48 Å². The zero-order valence-corrected chi connectivity index (χ0v) is 6.03. The number of nitroso groups, excluding NO2 is 1. The van der Waals surface area contributed by atoms with Crippen LogP contribution in [0.3, 0.4) is 0 Å². The van der Waals surface area contributed by atoms with Crippen molar-refractivity contribution in [3.63, 3.8) is 0 Å². The predicted molar refractivity (Wildman–Crippen MR) is 41.5 cm³/mol. The highest BCUT2D eigenvalue weighted by atomic mass is 16.5. The van der Waals surface area contributed by atoms with Crippen LogP contribution in [0.15, 0.2) is 16.9 Å². The van der Waals surface area contributed by atoms with Crippen LogP contribution in [-0.4, -0.2) is 17.5 Å². The van der Waals surface area contributed by atoms with Crippen molar-refractivity contribution in [1.82, 2.24) is 5.48 Å². The van der Waals surface area contributed by atoms with Gasteiger partial charge in [0.15, 0.2) is 0 Å². The summed E-state index contributed by atoms with van der Waals surface area (Å²) in [5.41, 5.74) is 0.839. The number of carbonyl (C=O) groups is 1. The molecule has 64 valence electrons. The summed E-state index contributed by atoms with van der Waals surface area (Å²) >= 11 is 0. The second-order valence-corrected chi connectivity index (χ2v) is 2.37. The van der Waals surface area contributed by atoms with Gasteiger partial charge in [-0.1, -0.05) is 5.18 Å². The molecule has 0 aliphatic heterocycles. The number of Topliss-reactive ketones (excluding diaryl/α,β-unsaturated/α-hetero) is 1. The number of rotatable bonds is 2. The van der Waals surface area contributed by atoms with Gasteiger partial charge in [-0.15, -0.1) is 0 Å². The van der Waals surface area contributed by atoms with Crippen molar-refractivity contribution in [2.75, 3.05) is 0 Å². The highest BCUT2D eigenvalue weighted by Gasteiger charge is 2.24. The van der Waals surface area contributed by atoms with Gasteiger partial charge in [-0.3, -0.25) is 4.79 Å². The lowest BCUT2D eigenvalue weighted by Gasteiger charge is -2.19. The first-order valence-electron chi connectivity index (χ1n) is 3.23. The molecule has 1 atom stereocenters. The van der Waals surface area contributed by atoms with Gasteiger partial charge in [-0.2, -0.15) is 4.91 Å². The maximum atomic E-state index is 10.9. The van der Waals surface area contributed by atoms with Gasteiger partial charge in [-0.25, -0.2) is 0 Å². The zero-order chi connectivity index (χ0) is 9.14. The molecule has 6 heteroatoms. The van der Waals surface area contributed by atoms with Crippen LogP contribution in [0, 0.1) is 15.5 Å². The van der Waals surface area contributed by atoms with Crippen LogP contribution in [0.5, 0.6) is 0 Å². The van der Waals surface area contributed by atoms with Gasteiger partial charge < -0.3 is 16.1 Å². The van der Waals surface area contributed by atoms with E-state index in [0.29, 0.717) is 0 Å². The van der Waals surface area contributed by atoms with Crippen LogP contribution in [0.2, 0.25) is 0 Å². The van der Waals surface area contributed by atoms with Gasteiger partial charge in [0, 0.05) is 6.42 Å². The number of hydrogen-bond donors (Lipinski definition) is 2. The third kappa shape index (κ3) is 1.37. The van der Waals surface area contributed by atoms with Crippen molar-refractivity contribution >= 4 is 11.5 Å². The van der Waals surface area contributed by atoms with Gasteiger partial charge >= 0.3 is 0 Å². The van der Waals surface area contributed by atoms with E-state index in [1.54, 1.807) is 0 Å². The van der Waals surface area contributed by atoms with E-state index in [1.807, 2.05) is 0 Å². The maximum absolute atomic E-state index is 10.9. The fraction of sp³-hybridized carbons (Fsp3) is 0.333. The summed E-state index contributed by atoms with van der Waals surface area (Å²) < 4.78 is 0. The number of hydrogen-bond acceptors (Lipinski definition) is 6. The molecule has 12 heavy (non-hydrogen) atoms. The van der Waals surface area contributed by atoms with E-state index in [4.69, 9.17) is 5.41 Å². The molecular formula is C6H6N3O3-. The molecule has 1 rings (SSSR count). The number of carbonyl (C=O) groups excluding carboxylic acids is 1. The molecule has 0 heterocycles. The van der Waals surface area contributed by atoms with E-state index in [0.717, 1.165) is 6.08 Å². The zero-order valence-electron chi connectivity index (χ0n) is 6.03. The Hall–Kier alpha value is -1.56. The molecule has 1 unspecified atom stereocenters. The molecule has 1 aliphatic rings. The van der Waals surface area contributed by atoms with Crippen LogP contribution < -0.4 is 5.48 Å². The normalized spacial score (nSPS) is 23.4. The lowest BCUT2D eigenvalue weighted by Crippen LogP contribution is -2.30. The van der Waals surface area contributed by atoms with Crippen molar-refractivity contribution in [1.29, 1.82) is 5.41 Å². The molecule has 0 aromatic rings. The highest BCUT2D eigenvalue weighted by Crippen LogP contribution is 2.12. The van der Waals surface area contributed by atoms with E-state index in [2.05, 4.69) is 5.18 Å². The summed E-state index contributed by atoms with van der Waals surface area (Å²) in [6.07, 6.45) is 1.12. The Morgan fingerprint density at radius 1 is 1.75 bits per heavy atom. The standard InChI is InChI=1S/C6H6N3O3/c7-4-1-3(8-11)2-5(9-12)6(4)10/h2-3,7,9H,1H2/q-1. The lowest BCUT2D eigenvalue weighted by atomic mass is 9.98. The smallest absolute Gasteiger partial charge is 0.221 e. The first kappa shape index (κ1) is 8.54. The van der Waals surface area contributed by atoms with Crippen LogP contribution >= 0.6 is 0 Å². The third-order valence-electron chi connectivity index (χ3n) is 1.54. The second-order valence-electron chi connectivity index (χ2n) is 2.37. The molecule has 0 spiro atoms. The van der Waals surface area contributed by atoms with Crippen molar-refractivity contribution < 1.29 is 4.79 Å². The summed E-state index contributed by atoms with van der Waals surface area (Å²) in [5, 5.41) is 19.8. The first-order valence-corrected chi connectivity index (χ1v) is 3.23. The lowest BCUT2D eigenvalue weighted by molar-refractivity contribution is -0.110. The molecular weight excluding hydrogens is 162 g/mol. The molecule has 2 N–H and O–H groups in total. The molecule has 1 aliphatic carbocycles. The molecule has 0 aromatic heterocycles. The Morgan fingerprint density at radius 3 is 2.92 bits per heavy atom. The number of allylic oxidation sites excluding steroid dienone is 1. The van der Waals surface area contributed by atoms with Gasteiger partial charge in [0.25, 0.3) is 0 Å². The second kappa shape index (κ2) is 3.22. The molecule has 0 saturated carbocycles. The van der Waals surface area contributed by atoms with Crippen LogP contribution in [0.25, 0.3) is 0 Å². The number of ketones is 1. The average Bonchev–Trinajstić information content (AvgIpc) is 2.09. The third-order valence-corrected chi connectivity index (χ3v) is 1.54. The maximum Gasteiger partial charge on any atom is 0.221 e. The number of hydroxylamine groups is 1. The number of nitrogens with zero attached hydrogens (tertiary/aromatic N) is 1. The topological polar surface area (TPSA) is 105 Å². The van der Waals surface area contributed by atoms with Gasteiger partial charge in [0.05, 0.1) is 11.4 Å². The summed E-state index contributed by atoms with van der Waals surface area (Å²) in [5.74, 6) is -0.662. The highest BCUT2D eigenvalue weighted by molar-refractivity contribution is 6.45. The number of nitrogens with one attached hydrogen (secondary N) is 2. The predicted octanol–water partition coefficient (Wildman–Crippen LogP) is 0.0853. The van der Waals surface area contributed by atoms with Gasteiger partial charge in [-0.05, 0) is 6.08 Å². The van der Waals surface area contributed by atoms with Gasteiger partial charge in [0.1, 0.15) is 6.04 Å². The van der Waals surface area contributed by atoms with Crippen molar-refractivity contribution in [2.24, 2.45) is 5.18 Å². The Morgan fingerprint density at radius 2 is 2.42 bits per heavy atom. The van der Waals surface area contributed by atoms with Crippen molar-refractivity contribution in [3.8, 4) is 0 Å². The molecule has 0 radical (unpaired) electrons. The molecule has 0 amide bonds. The van der Waals surface area contributed by atoms with E-state index in [-0.39, 0.29) is 17.8 Å². The van der Waals surface area contributed by atoms with E-state index in [9.17, 15) is 14.9 Å². The fourth-order valence-corrected chi connectivity index (χ4v) is 0.939. The SMILES string of the molecule is N=C1CC(N=O)C=C(N[O-])C1=O. The summed E-state index contributed by atoms with van der Waals surface area (Å²) in [7, 11) is 0. The summed E-state index contributed by atoms with van der Waals surface area (Å²) in [6, 6.07) is -0.772. The Kier molecular flexibility index (Phi) is 2.29. The Bertz CT molecular complexity index is 271. The molecule has 0 aromatic carbocycles. The minimum Gasteiger partial charge on any atom is -0.761 e. The Balaban J connectivity index is 2.94. The minimum absolute atomic E-state index is 0.0203. The van der Waals surface area contributed by atoms with E-state index < -0.39 is 11.8 Å². The summed E-state index contributed by atoms with van der Waals surface area (Å²) in [4.78, 5) is 21.0. The first-order chi connectivity index (χ1) is 5.69. The van der Waals surface area contributed by atoms with Crippen molar-refractivity contribution in [2.45, 2.75) is 12.5 Å². The quantitative estimate of drug-likeness (QED) is 0.450. The monoisotopic (exact) mass is 168 g/mol. The Labute approximate surface area is 67.7 Å². The van der Waals surface area contributed by atoms with Gasteiger partial charge in [0.2, 0.25) is 5.78 Å². The molecule has 0 saturated heterocycles. The fourth-order valence-electron chi connectivity index (χ4n) is 0.939. The minimum atomic E-state index is -0.772. The van der Waals surface area contributed by atoms with E-state index >= 15 is 0 Å². The molecule has 0 fully saturated rings. The summed E-state index contributed by atoms with van der Waals surface area (Å²) in [6.45, 7) is 0. The van der Waals surface area contributed by atoms with Crippen molar-refractivity contribution in [3.05, 3.63) is 21.9 Å². The van der Waals surface area contributed by atoms with Crippen LogP contribution in [0.1, 0.15) is 6.42 Å². The molecule has 0 bridgehead atoms. The molecule has 6 nitrogen and oxygen atoms in total. The largest absolute Gasteiger partial charge is 0.761 e. The van der Waals surface area contributed by atoms with Crippen LogP contribution in [-0.2, 0) is 4.79 Å². The van der Waals surface area contributed by atoms with Crippen LogP contribution in [0.4, 0.5) is 0 Å².